The highest BCUT2D eigenvalue weighted by molar-refractivity contribution is 7.89. The maximum Gasteiger partial charge on any atom is 0.211 e. The van der Waals surface area contributed by atoms with Crippen LogP contribution in [0.15, 0.2) is 0 Å². The SMILES string of the molecule is CCS(=O)(=O)NCCC#N. The number of rotatable bonds is 4. The molecule has 0 aromatic carbocycles. The summed E-state index contributed by atoms with van der Waals surface area (Å²) in [4.78, 5) is 0. The van der Waals surface area contributed by atoms with E-state index in [9.17, 15) is 8.42 Å². The van der Waals surface area contributed by atoms with Gasteiger partial charge in [0.25, 0.3) is 0 Å². The summed E-state index contributed by atoms with van der Waals surface area (Å²) >= 11 is 0. The van der Waals surface area contributed by atoms with Crippen LogP contribution in [0.1, 0.15) is 13.3 Å². The first-order valence-electron chi connectivity index (χ1n) is 2.96. The van der Waals surface area contributed by atoms with Crippen molar-refractivity contribution in [2.24, 2.45) is 0 Å². The van der Waals surface area contributed by atoms with Crippen molar-refractivity contribution in [2.45, 2.75) is 13.3 Å². The third kappa shape index (κ3) is 4.30. The van der Waals surface area contributed by atoms with Gasteiger partial charge in [0.1, 0.15) is 0 Å². The van der Waals surface area contributed by atoms with Gasteiger partial charge in [0.2, 0.25) is 10.0 Å². The van der Waals surface area contributed by atoms with Crippen LogP contribution in [0.4, 0.5) is 0 Å². The Hall–Kier alpha value is -0.600. The molecule has 0 radical (unpaired) electrons. The van der Waals surface area contributed by atoms with E-state index in [1.54, 1.807) is 6.92 Å². The van der Waals surface area contributed by atoms with Crippen molar-refractivity contribution >= 4 is 10.0 Å². The molecule has 0 fully saturated rings. The van der Waals surface area contributed by atoms with E-state index in [0.717, 1.165) is 0 Å². The average molecular weight is 162 g/mol. The Morgan fingerprint density at radius 3 is 2.60 bits per heavy atom. The van der Waals surface area contributed by atoms with E-state index in [-0.39, 0.29) is 18.7 Å². The molecular formula is C5H10N2O2S. The summed E-state index contributed by atoms with van der Waals surface area (Å²) in [5.41, 5.74) is 0. The van der Waals surface area contributed by atoms with Crippen LogP contribution < -0.4 is 4.72 Å². The minimum atomic E-state index is -3.09. The number of sulfonamides is 1. The summed E-state index contributed by atoms with van der Waals surface area (Å²) in [6.07, 6.45) is 0.221. The second-order valence-electron chi connectivity index (χ2n) is 1.71. The molecule has 0 rings (SSSR count). The number of nitrogens with one attached hydrogen (secondary N) is 1. The first-order chi connectivity index (χ1) is 4.62. The highest BCUT2D eigenvalue weighted by Gasteiger charge is 2.02. The van der Waals surface area contributed by atoms with E-state index in [4.69, 9.17) is 5.26 Å². The number of hydrogen-bond acceptors (Lipinski definition) is 3. The Balaban J connectivity index is 3.61. The summed E-state index contributed by atoms with van der Waals surface area (Å²) in [7, 11) is -3.09. The Labute approximate surface area is 60.9 Å². The highest BCUT2D eigenvalue weighted by atomic mass is 32.2. The monoisotopic (exact) mass is 162 g/mol. The molecule has 0 aliphatic heterocycles. The lowest BCUT2D eigenvalue weighted by Crippen LogP contribution is -2.25. The fourth-order valence-electron chi connectivity index (χ4n) is 0.364. The van der Waals surface area contributed by atoms with Gasteiger partial charge in [0, 0.05) is 13.0 Å². The van der Waals surface area contributed by atoms with Gasteiger partial charge in [-0.05, 0) is 6.92 Å². The topological polar surface area (TPSA) is 70.0 Å². The second kappa shape index (κ2) is 4.25. The van der Waals surface area contributed by atoms with Gasteiger partial charge in [-0.1, -0.05) is 0 Å². The first-order valence-corrected chi connectivity index (χ1v) is 4.62. The lowest BCUT2D eigenvalue weighted by atomic mass is 10.5. The molecule has 10 heavy (non-hydrogen) atoms. The van der Waals surface area contributed by atoms with Gasteiger partial charge in [-0.2, -0.15) is 5.26 Å². The molecule has 0 atom stereocenters. The zero-order chi connectivity index (χ0) is 8.04. The van der Waals surface area contributed by atoms with Crippen molar-refractivity contribution in [3.8, 4) is 6.07 Å². The molecule has 0 amide bonds. The molecule has 4 nitrogen and oxygen atoms in total. The fourth-order valence-corrected chi connectivity index (χ4v) is 0.982. The predicted octanol–water partition coefficient (Wildman–Crippen LogP) is -0.161. The Morgan fingerprint density at radius 1 is 1.60 bits per heavy atom. The summed E-state index contributed by atoms with van der Waals surface area (Å²) in [6.45, 7) is 1.77. The van der Waals surface area contributed by atoms with Gasteiger partial charge < -0.3 is 0 Å². The lowest BCUT2D eigenvalue weighted by Gasteiger charge is -1.98. The van der Waals surface area contributed by atoms with Crippen molar-refractivity contribution in [2.75, 3.05) is 12.3 Å². The molecule has 0 aromatic rings. The largest absolute Gasteiger partial charge is 0.214 e. The number of nitriles is 1. The van der Waals surface area contributed by atoms with Gasteiger partial charge in [-0.3, -0.25) is 0 Å². The van der Waals surface area contributed by atoms with Crippen LogP contribution in [-0.2, 0) is 10.0 Å². The van der Waals surface area contributed by atoms with E-state index in [1.165, 1.54) is 0 Å². The molecule has 0 bridgehead atoms. The normalized spacial score (nSPS) is 10.8. The van der Waals surface area contributed by atoms with Gasteiger partial charge in [-0.25, -0.2) is 13.1 Å². The third-order valence-corrected chi connectivity index (χ3v) is 2.34. The maximum absolute atomic E-state index is 10.7. The van der Waals surface area contributed by atoms with Gasteiger partial charge >= 0.3 is 0 Å². The highest BCUT2D eigenvalue weighted by Crippen LogP contribution is 1.81. The number of hydrogen-bond donors (Lipinski definition) is 1. The standard InChI is InChI=1S/C5H10N2O2S/c1-2-10(8,9)7-5-3-4-6/h7H,2-3,5H2,1H3. The molecule has 0 aliphatic rings. The van der Waals surface area contributed by atoms with E-state index in [2.05, 4.69) is 4.72 Å². The van der Waals surface area contributed by atoms with Gasteiger partial charge in [-0.15, -0.1) is 0 Å². The molecule has 0 aliphatic carbocycles. The van der Waals surface area contributed by atoms with E-state index < -0.39 is 10.0 Å². The lowest BCUT2D eigenvalue weighted by molar-refractivity contribution is 0.583. The number of nitrogens with zero attached hydrogens (tertiary/aromatic N) is 1. The quantitative estimate of drug-likeness (QED) is 0.584. The zero-order valence-corrected chi connectivity index (χ0v) is 6.61. The molecule has 0 saturated carbocycles. The fraction of sp³-hybridized carbons (Fsp3) is 0.800. The summed E-state index contributed by atoms with van der Waals surface area (Å²) in [5.74, 6) is 0.0679. The van der Waals surface area contributed by atoms with Crippen molar-refractivity contribution in [1.29, 1.82) is 5.26 Å². The molecule has 58 valence electrons. The van der Waals surface area contributed by atoms with Crippen LogP contribution in [0.3, 0.4) is 0 Å². The molecule has 0 aromatic heterocycles. The van der Waals surface area contributed by atoms with Crippen LogP contribution >= 0.6 is 0 Å². The minimum Gasteiger partial charge on any atom is -0.214 e. The Kier molecular flexibility index (Phi) is 4.00. The predicted molar refractivity (Wildman–Crippen MR) is 37.7 cm³/mol. The van der Waals surface area contributed by atoms with Crippen LogP contribution in [0.2, 0.25) is 0 Å². The summed E-state index contributed by atoms with van der Waals surface area (Å²) in [6, 6.07) is 1.84. The Bertz CT molecular complexity index is 214. The molecule has 0 unspecified atom stereocenters. The molecular weight excluding hydrogens is 152 g/mol. The van der Waals surface area contributed by atoms with Crippen LogP contribution in [0.5, 0.6) is 0 Å². The van der Waals surface area contributed by atoms with Crippen LogP contribution in [0, 0.1) is 11.3 Å². The average Bonchev–Trinajstić information content (AvgIpc) is 1.89. The zero-order valence-electron chi connectivity index (χ0n) is 5.79. The van der Waals surface area contributed by atoms with Crippen molar-refractivity contribution < 1.29 is 8.42 Å². The molecule has 0 heterocycles. The summed E-state index contributed by atoms with van der Waals surface area (Å²) in [5, 5.41) is 8.05. The summed E-state index contributed by atoms with van der Waals surface area (Å²) < 4.78 is 23.6. The van der Waals surface area contributed by atoms with E-state index in [0.29, 0.717) is 0 Å². The minimum absolute atomic E-state index is 0.0679. The van der Waals surface area contributed by atoms with E-state index in [1.807, 2.05) is 6.07 Å². The Morgan fingerprint density at radius 2 is 2.20 bits per heavy atom. The second-order valence-corrected chi connectivity index (χ2v) is 3.80. The first kappa shape index (κ1) is 9.40. The van der Waals surface area contributed by atoms with Gasteiger partial charge in [0.05, 0.1) is 11.8 Å². The van der Waals surface area contributed by atoms with Crippen molar-refractivity contribution in [1.82, 2.24) is 4.72 Å². The molecule has 0 spiro atoms. The van der Waals surface area contributed by atoms with Crippen LogP contribution in [0.25, 0.3) is 0 Å². The van der Waals surface area contributed by atoms with E-state index >= 15 is 0 Å². The molecule has 1 N–H and O–H groups in total. The third-order valence-electron chi connectivity index (χ3n) is 0.939. The van der Waals surface area contributed by atoms with Gasteiger partial charge in [0.15, 0.2) is 0 Å². The molecule has 0 saturated heterocycles. The maximum atomic E-state index is 10.7. The van der Waals surface area contributed by atoms with Crippen molar-refractivity contribution in [3.05, 3.63) is 0 Å². The molecule has 5 heteroatoms. The smallest absolute Gasteiger partial charge is 0.211 e. The van der Waals surface area contributed by atoms with Crippen molar-refractivity contribution in [3.63, 3.8) is 0 Å². The van der Waals surface area contributed by atoms with Crippen LogP contribution in [-0.4, -0.2) is 20.7 Å².